The van der Waals surface area contributed by atoms with E-state index in [0.717, 1.165) is 0 Å². The second kappa shape index (κ2) is 6.89. The Morgan fingerprint density at radius 2 is 1.84 bits per heavy atom. The molecule has 0 spiro atoms. The lowest BCUT2D eigenvalue weighted by atomic mass is 10.0. The first-order chi connectivity index (χ1) is 8.91. The summed E-state index contributed by atoms with van der Waals surface area (Å²) in [6, 6.07) is 6.81. The van der Waals surface area contributed by atoms with E-state index in [1.807, 2.05) is 13.8 Å². The fraction of sp³-hybridized carbons (Fsp3) is 0.429. The van der Waals surface area contributed by atoms with E-state index in [0.29, 0.717) is 12.0 Å². The third-order valence-corrected chi connectivity index (χ3v) is 2.73. The second-order valence-corrected chi connectivity index (χ2v) is 4.93. The molecule has 0 heterocycles. The van der Waals surface area contributed by atoms with Crippen LogP contribution in [0, 0.1) is 5.92 Å². The van der Waals surface area contributed by atoms with Gasteiger partial charge in [-0.05, 0) is 17.9 Å². The summed E-state index contributed by atoms with van der Waals surface area (Å²) in [6.07, 6.45) is 0.521. The minimum Gasteiger partial charge on any atom is -0.479 e. The highest BCUT2D eigenvalue weighted by Gasteiger charge is 2.24. The maximum Gasteiger partial charge on any atom is 0.330 e. The van der Waals surface area contributed by atoms with E-state index in [-0.39, 0.29) is 5.92 Å². The molecule has 2 atom stereocenters. The van der Waals surface area contributed by atoms with Gasteiger partial charge >= 0.3 is 5.97 Å². The van der Waals surface area contributed by atoms with Gasteiger partial charge in [-0.3, -0.25) is 4.79 Å². The predicted molar refractivity (Wildman–Crippen MR) is 72.4 cm³/mol. The number of hydrogen-bond acceptors (Lipinski definition) is 3. The van der Waals surface area contributed by atoms with Crippen molar-refractivity contribution in [2.24, 2.45) is 11.7 Å². The molecule has 0 saturated heterocycles. The molecule has 5 heteroatoms. The Bertz CT molecular complexity index is 432. The Balaban J connectivity index is 2.75. The molecule has 1 unspecified atom stereocenters. The highest BCUT2D eigenvalue weighted by molar-refractivity contribution is 5.87. The van der Waals surface area contributed by atoms with Crippen LogP contribution in [0.4, 0.5) is 0 Å². The number of carboxylic acid groups (broad SMARTS) is 1. The van der Waals surface area contributed by atoms with Gasteiger partial charge < -0.3 is 16.2 Å². The Kier molecular flexibility index (Phi) is 5.51. The average Bonchev–Trinajstić information content (AvgIpc) is 2.35. The SMILES string of the molecule is CC(C)C[C@H](N)C(=O)NC(C(=O)O)c1ccccc1. The van der Waals surface area contributed by atoms with Gasteiger partial charge in [0.15, 0.2) is 6.04 Å². The van der Waals surface area contributed by atoms with Gasteiger partial charge in [0.1, 0.15) is 0 Å². The fourth-order valence-corrected chi connectivity index (χ4v) is 1.80. The van der Waals surface area contributed by atoms with Crippen molar-refractivity contribution >= 4 is 11.9 Å². The van der Waals surface area contributed by atoms with Gasteiger partial charge in [0, 0.05) is 0 Å². The smallest absolute Gasteiger partial charge is 0.330 e. The lowest BCUT2D eigenvalue weighted by molar-refractivity contribution is -0.142. The summed E-state index contributed by atoms with van der Waals surface area (Å²) < 4.78 is 0. The number of benzene rings is 1. The van der Waals surface area contributed by atoms with Crippen molar-refractivity contribution < 1.29 is 14.7 Å². The fourth-order valence-electron chi connectivity index (χ4n) is 1.80. The minimum absolute atomic E-state index is 0.278. The molecular weight excluding hydrogens is 244 g/mol. The Hall–Kier alpha value is -1.88. The number of carbonyl (C=O) groups is 2. The molecule has 1 rings (SSSR count). The van der Waals surface area contributed by atoms with Crippen LogP contribution in [0.2, 0.25) is 0 Å². The van der Waals surface area contributed by atoms with E-state index in [2.05, 4.69) is 5.32 Å². The summed E-state index contributed by atoms with van der Waals surface area (Å²) in [5.41, 5.74) is 6.27. The molecule has 0 fully saturated rings. The average molecular weight is 264 g/mol. The summed E-state index contributed by atoms with van der Waals surface area (Å²) in [7, 11) is 0. The highest BCUT2D eigenvalue weighted by Crippen LogP contribution is 2.13. The van der Waals surface area contributed by atoms with Crippen LogP contribution in [0.25, 0.3) is 0 Å². The van der Waals surface area contributed by atoms with Gasteiger partial charge in [-0.1, -0.05) is 44.2 Å². The van der Waals surface area contributed by atoms with Crippen molar-refractivity contribution in [3.05, 3.63) is 35.9 Å². The molecule has 0 bridgehead atoms. The molecule has 0 aliphatic heterocycles. The van der Waals surface area contributed by atoms with Crippen molar-refractivity contribution in [2.45, 2.75) is 32.4 Å². The van der Waals surface area contributed by atoms with Gasteiger partial charge in [0.2, 0.25) is 5.91 Å². The third-order valence-electron chi connectivity index (χ3n) is 2.73. The maximum atomic E-state index is 11.9. The Labute approximate surface area is 112 Å². The molecule has 1 aromatic carbocycles. The largest absolute Gasteiger partial charge is 0.479 e. The van der Waals surface area contributed by atoms with Gasteiger partial charge in [-0.25, -0.2) is 4.79 Å². The Morgan fingerprint density at radius 3 is 2.32 bits per heavy atom. The predicted octanol–water partition coefficient (Wildman–Crippen LogP) is 1.30. The standard InChI is InChI=1S/C14H20N2O3/c1-9(2)8-11(15)13(17)16-12(14(18)19)10-6-4-3-5-7-10/h3-7,9,11-12H,8,15H2,1-2H3,(H,16,17)(H,18,19)/t11-,12?/m0/s1. The zero-order chi connectivity index (χ0) is 14.4. The monoisotopic (exact) mass is 264 g/mol. The quantitative estimate of drug-likeness (QED) is 0.722. The molecule has 19 heavy (non-hydrogen) atoms. The van der Waals surface area contributed by atoms with Crippen molar-refractivity contribution in [1.82, 2.24) is 5.32 Å². The van der Waals surface area contributed by atoms with Crippen LogP contribution in [0.5, 0.6) is 0 Å². The third kappa shape index (κ3) is 4.71. The summed E-state index contributed by atoms with van der Waals surface area (Å²) in [5, 5.41) is 11.7. The summed E-state index contributed by atoms with van der Waals surface area (Å²) in [4.78, 5) is 23.1. The molecule has 0 aromatic heterocycles. The topological polar surface area (TPSA) is 92.4 Å². The van der Waals surface area contributed by atoms with Gasteiger partial charge in [-0.15, -0.1) is 0 Å². The zero-order valence-corrected chi connectivity index (χ0v) is 11.2. The van der Waals surface area contributed by atoms with E-state index in [4.69, 9.17) is 5.73 Å². The van der Waals surface area contributed by atoms with Crippen molar-refractivity contribution in [3.8, 4) is 0 Å². The van der Waals surface area contributed by atoms with Crippen LogP contribution in [0.1, 0.15) is 31.9 Å². The number of hydrogen-bond donors (Lipinski definition) is 3. The van der Waals surface area contributed by atoms with E-state index < -0.39 is 24.0 Å². The summed E-state index contributed by atoms with van der Waals surface area (Å²) in [5.74, 6) is -1.26. The number of carboxylic acids is 1. The van der Waals surface area contributed by atoms with Crippen LogP contribution >= 0.6 is 0 Å². The normalized spacial score (nSPS) is 13.9. The van der Waals surface area contributed by atoms with Crippen LogP contribution in [-0.2, 0) is 9.59 Å². The van der Waals surface area contributed by atoms with E-state index in [9.17, 15) is 14.7 Å². The van der Waals surface area contributed by atoms with Crippen LogP contribution in [-0.4, -0.2) is 23.0 Å². The molecule has 1 aromatic rings. The van der Waals surface area contributed by atoms with E-state index >= 15 is 0 Å². The van der Waals surface area contributed by atoms with Gasteiger partial charge in [-0.2, -0.15) is 0 Å². The molecule has 0 aliphatic rings. The number of carbonyl (C=O) groups excluding carboxylic acids is 1. The molecule has 0 aliphatic carbocycles. The second-order valence-electron chi connectivity index (χ2n) is 4.93. The van der Waals surface area contributed by atoms with Crippen molar-refractivity contribution in [3.63, 3.8) is 0 Å². The molecular formula is C14H20N2O3. The number of nitrogens with one attached hydrogen (secondary N) is 1. The minimum atomic E-state index is -1.10. The lowest BCUT2D eigenvalue weighted by Crippen LogP contribution is -2.44. The Morgan fingerprint density at radius 1 is 1.26 bits per heavy atom. The zero-order valence-electron chi connectivity index (χ0n) is 11.2. The first-order valence-corrected chi connectivity index (χ1v) is 6.25. The van der Waals surface area contributed by atoms with Gasteiger partial charge in [0.25, 0.3) is 0 Å². The summed E-state index contributed by atoms with van der Waals surface area (Å²) in [6.45, 7) is 3.91. The molecule has 1 amide bonds. The molecule has 104 valence electrons. The highest BCUT2D eigenvalue weighted by atomic mass is 16.4. The van der Waals surface area contributed by atoms with Crippen molar-refractivity contribution in [1.29, 1.82) is 0 Å². The summed E-state index contributed by atoms with van der Waals surface area (Å²) >= 11 is 0. The van der Waals surface area contributed by atoms with Gasteiger partial charge in [0.05, 0.1) is 6.04 Å². The number of nitrogens with two attached hydrogens (primary N) is 1. The molecule has 4 N–H and O–H groups in total. The van der Waals surface area contributed by atoms with Crippen LogP contribution < -0.4 is 11.1 Å². The molecule has 0 saturated carbocycles. The number of rotatable bonds is 6. The van der Waals surface area contributed by atoms with E-state index in [1.165, 1.54) is 0 Å². The molecule has 5 nitrogen and oxygen atoms in total. The lowest BCUT2D eigenvalue weighted by Gasteiger charge is -2.19. The first kappa shape index (κ1) is 15.2. The van der Waals surface area contributed by atoms with E-state index in [1.54, 1.807) is 30.3 Å². The van der Waals surface area contributed by atoms with Crippen molar-refractivity contribution in [2.75, 3.05) is 0 Å². The van der Waals surface area contributed by atoms with Crippen LogP contribution in [0.15, 0.2) is 30.3 Å². The number of amides is 1. The number of aliphatic carboxylic acids is 1. The maximum absolute atomic E-state index is 11.9. The molecule has 0 radical (unpaired) electrons. The van der Waals surface area contributed by atoms with Crippen LogP contribution in [0.3, 0.4) is 0 Å². The first-order valence-electron chi connectivity index (χ1n) is 6.25.